The van der Waals surface area contributed by atoms with E-state index in [4.69, 9.17) is 4.74 Å². The van der Waals surface area contributed by atoms with E-state index in [0.717, 1.165) is 49.2 Å². The van der Waals surface area contributed by atoms with Crippen LogP contribution in [-0.4, -0.2) is 60.2 Å². The fourth-order valence-electron chi connectivity index (χ4n) is 2.77. The standard InChI is InChI=1S/C18H23N3O2S/c1-3-20-9-11-21(12-10-20)18-19-17(22)16(24-18)13-14-5-7-15(8-6-14)23-4-2/h5-8,13H,3-4,9-12H2,1-2H3. The quantitative estimate of drug-likeness (QED) is 0.785. The van der Waals surface area contributed by atoms with Gasteiger partial charge in [-0.05, 0) is 49.0 Å². The Kier molecular flexibility index (Phi) is 5.58. The second kappa shape index (κ2) is 7.85. The number of thioether (sulfide) groups is 1. The van der Waals surface area contributed by atoms with Gasteiger partial charge < -0.3 is 14.5 Å². The zero-order valence-corrected chi connectivity index (χ0v) is 15.0. The average Bonchev–Trinajstić information content (AvgIpc) is 2.98. The molecule has 1 aromatic rings. The number of hydrogen-bond donors (Lipinski definition) is 0. The first kappa shape index (κ1) is 17.0. The Labute approximate surface area is 147 Å². The van der Waals surface area contributed by atoms with E-state index in [1.165, 1.54) is 11.8 Å². The fourth-order valence-corrected chi connectivity index (χ4v) is 3.73. The van der Waals surface area contributed by atoms with Crippen molar-refractivity contribution in [1.82, 2.24) is 9.80 Å². The van der Waals surface area contributed by atoms with Crippen LogP contribution in [0.3, 0.4) is 0 Å². The maximum atomic E-state index is 12.2. The second-order valence-corrected chi connectivity index (χ2v) is 6.74. The molecule has 2 aliphatic heterocycles. The summed E-state index contributed by atoms with van der Waals surface area (Å²) in [5.74, 6) is 0.706. The molecule has 2 aliphatic rings. The molecular formula is C18H23N3O2S. The Morgan fingerprint density at radius 2 is 1.88 bits per heavy atom. The summed E-state index contributed by atoms with van der Waals surface area (Å²) in [6, 6.07) is 7.77. The zero-order chi connectivity index (χ0) is 16.9. The van der Waals surface area contributed by atoms with Crippen molar-refractivity contribution >= 4 is 28.9 Å². The van der Waals surface area contributed by atoms with Crippen LogP contribution in [0.2, 0.25) is 0 Å². The molecule has 3 rings (SSSR count). The maximum Gasteiger partial charge on any atom is 0.286 e. The van der Waals surface area contributed by atoms with Crippen LogP contribution in [0.1, 0.15) is 19.4 Å². The molecule has 0 saturated carbocycles. The van der Waals surface area contributed by atoms with Crippen molar-refractivity contribution in [3.63, 3.8) is 0 Å². The SMILES string of the molecule is CCOc1ccc(C=C2SC(N3CCN(CC)CC3)=NC2=O)cc1. The molecule has 24 heavy (non-hydrogen) atoms. The van der Waals surface area contributed by atoms with Crippen molar-refractivity contribution in [3.8, 4) is 5.75 Å². The molecule has 1 fully saturated rings. The van der Waals surface area contributed by atoms with Gasteiger partial charge in [-0.15, -0.1) is 0 Å². The van der Waals surface area contributed by atoms with Crippen LogP contribution < -0.4 is 4.74 Å². The number of hydrogen-bond acceptors (Lipinski definition) is 5. The van der Waals surface area contributed by atoms with Gasteiger partial charge in [-0.25, -0.2) is 0 Å². The molecule has 0 unspecified atom stereocenters. The molecule has 0 N–H and O–H groups in total. The first-order valence-electron chi connectivity index (χ1n) is 8.42. The van der Waals surface area contributed by atoms with Crippen LogP contribution in [0.4, 0.5) is 0 Å². The minimum absolute atomic E-state index is 0.137. The smallest absolute Gasteiger partial charge is 0.286 e. The minimum atomic E-state index is -0.137. The highest BCUT2D eigenvalue weighted by atomic mass is 32.2. The van der Waals surface area contributed by atoms with Crippen molar-refractivity contribution in [2.45, 2.75) is 13.8 Å². The van der Waals surface area contributed by atoms with E-state index >= 15 is 0 Å². The number of amidine groups is 1. The molecule has 1 saturated heterocycles. The van der Waals surface area contributed by atoms with E-state index < -0.39 is 0 Å². The highest BCUT2D eigenvalue weighted by Crippen LogP contribution is 2.31. The van der Waals surface area contributed by atoms with E-state index in [-0.39, 0.29) is 5.91 Å². The van der Waals surface area contributed by atoms with Crippen LogP contribution in [0.5, 0.6) is 5.75 Å². The number of amides is 1. The van der Waals surface area contributed by atoms with Crippen molar-refractivity contribution < 1.29 is 9.53 Å². The van der Waals surface area contributed by atoms with Crippen LogP contribution in [0, 0.1) is 0 Å². The fraction of sp³-hybridized carbons (Fsp3) is 0.444. The summed E-state index contributed by atoms with van der Waals surface area (Å²) < 4.78 is 5.44. The number of carbonyl (C=O) groups excluding carboxylic acids is 1. The lowest BCUT2D eigenvalue weighted by Gasteiger charge is -2.34. The largest absolute Gasteiger partial charge is 0.494 e. The van der Waals surface area contributed by atoms with E-state index in [1.54, 1.807) is 0 Å². The molecule has 0 aliphatic carbocycles. The number of rotatable bonds is 4. The van der Waals surface area contributed by atoms with Gasteiger partial charge in [0.1, 0.15) is 5.75 Å². The Morgan fingerprint density at radius 3 is 2.50 bits per heavy atom. The van der Waals surface area contributed by atoms with Gasteiger partial charge in [0, 0.05) is 26.2 Å². The molecule has 0 radical (unpaired) electrons. The molecule has 1 amide bonds. The molecular weight excluding hydrogens is 322 g/mol. The molecule has 0 aromatic heterocycles. The topological polar surface area (TPSA) is 45.1 Å². The summed E-state index contributed by atoms with van der Waals surface area (Å²) in [7, 11) is 0. The third-order valence-corrected chi connectivity index (χ3v) is 5.23. The number of ether oxygens (including phenoxy) is 1. The highest BCUT2D eigenvalue weighted by molar-refractivity contribution is 8.18. The van der Waals surface area contributed by atoms with Crippen molar-refractivity contribution in [2.24, 2.45) is 4.99 Å². The lowest BCUT2D eigenvalue weighted by atomic mass is 10.2. The normalized spacial score (nSPS) is 20.6. The summed E-state index contributed by atoms with van der Waals surface area (Å²) in [5.41, 5.74) is 0.988. The van der Waals surface area contributed by atoms with Gasteiger partial charge in [-0.3, -0.25) is 4.79 Å². The lowest BCUT2D eigenvalue weighted by molar-refractivity contribution is -0.113. The lowest BCUT2D eigenvalue weighted by Crippen LogP contribution is -2.47. The predicted molar refractivity (Wildman–Crippen MR) is 99.3 cm³/mol. The van der Waals surface area contributed by atoms with Gasteiger partial charge in [-0.2, -0.15) is 4.99 Å². The van der Waals surface area contributed by atoms with Crippen LogP contribution >= 0.6 is 11.8 Å². The van der Waals surface area contributed by atoms with E-state index in [1.807, 2.05) is 37.3 Å². The summed E-state index contributed by atoms with van der Waals surface area (Å²) in [6.07, 6.45) is 1.90. The van der Waals surface area contributed by atoms with E-state index in [9.17, 15) is 4.79 Å². The van der Waals surface area contributed by atoms with Crippen LogP contribution in [0.15, 0.2) is 34.2 Å². The van der Waals surface area contributed by atoms with Gasteiger partial charge in [0.15, 0.2) is 5.17 Å². The molecule has 0 atom stereocenters. The maximum absolute atomic E-state index is 12.2. The highest BCUT2D eigenvalue weighted by Gasteiger charge is 2.28. The van der Waals surface area contributed by atoms with Crippen LogP contribution in [-0.2, 0) is 4.79 Å². The Bertz CT molecular complexity index is 647. The summed E-state index contributed by atoms with van der Waals surface area (Å²) >= 11 is 1.48. The van der Waals surface area contributed by atoms with E-state index in [2.05, 4.69) is 21.7 Å². The number of benzene rings is 1. The average molecular weight is 345 g/mol. The zero-order valence-electron chi connectivity index (χ0n) is 14.2. The molecule has 0 spiro atoms. The molecule has 5 nitrogen and oxygen atoms in total. The van der Waals surface area contributed by atoms with Crippen molar-refractivity contribution in [3.05, 3.63) is 34.7 Å². The number of nitrogens with zero attached hydrogens (tertiary/aromatic N) is 3. The number of piperazine rings is 1. The third kappa shape index (κ3) is 3.99. The van der Waals surface area contributed by atoms with Gasteiger partial charge in [-0.1, -0.05) is 19.1 Å². The monoisotopic (exact) mass is 345 g/mol. The molecule has 6 heteroatoms. The second-order valence-electron chi connectivity index (χ2n) is 5.73. The Balaban J connectivity index is 1.64. The molecule has 1 aromatic carbocycles. The summed E-state index contributed by atoms with van der Waals surface area (Å²) in [6.45, 7) is 9.80. The van der Waals surface area contributed by atoms with Gasteiger partial charge in [0.25, 0.3) is 5.91 Å². The Hall–Kier alpha value is -1.79. The molecule has 2 heterocycles. The number of likely N-dealkylation sites (N-methyl/N-ethyl adjacent to an activating group) is 1. The molecule has 0 bridgehead atoms. The van der Waals surface area contributed by atoms with Gasteiger partial charge >= 0.3 is 0 Å². The first-order valence-corrected chi connectivity index (χ1v) is 9.24. The first-order chi connectivity index (χ1) is 11.7. The van der Waals surface area contributed by atoms with Crippen molar-refractivity contribution in [2.75, 3.05) is 39.3 Å². The minimum Gasteiger partial charge on any atom is -0.494 e. The third-order valence-electron chi connectivity index (χ3n) is 4.19. The van der Waals surface area contributed by atoms with E-state index in [0.29, 0.717) is 11.5 Å². The summed E-state index contributed by atoms with van der Waals surface area (Å²) in [5, 5.41) is 0.841. The number of aliphatic imine (C=N–C) groups is 1. The van der Waals surface area contributed by atoms with Crippen molar-refractivity contribution in [1.29, 1.82) is 0 Å². The summed E-state index contributed by atoms with van der Waals surface area (Å²) in [4.78, 5) is 21.7. The number of carbonyl (C=O) groups is 1. The molecule has 128 valence electrons. The predicted octanol–water partition coefficient (Wildman–Crippen LogP) is 2.69. The Morgan fingerprint density at radius 1 is 1.17 bits per heavy atom. The van der Waals surface area contributed by atoms with Gasteiger partial charge in [0.2, 0.25) is 0 Å². The van der Waals surface area contributed by atoms with Gasteiger partial charge in [0.05, 0.1) is 11.5 Å². The van der Waals surface area contributed by atoms with Crippen LogP contribution in [0.25, 0.3) is 6.08 Å².